The predicted molar refractivity (Wildman–Crippen MR) is 47.4 cm³/mol. The molecule has 1 atom stereocenters. The van der Waals surface area contributed by atoms with E-state index in [1.807, 2.05) is 0 Å². The number of carboxylic acids is 1. The average Bonchev–Trinajstić information content (AvgIpc) is 2.17. The largest absolute Gasteiger partial charge is 0.478 e. The molecule has 4 heteroatoms. The van der Waals surface area contributed by atoms with Crippen molar-refractivity contribution in [1.29, 1.82) is 0 Å². The number of benzene rings is 1. The van der Waals surface area contributed by atoms with E-state index >= 15 is 0 Å². The van der Waals surface area contributed by atoms with Crippen molar-refractivity contribution in [3.63, 3.8) is 0 Å². The van der Waals surface area contributed by atoms with E-state index in [9.17, 15) is 9.59 Å². The van der Waals surface area contributed by atoms with Crippen LogP contribution in [0.4, 0.5) is 0 Å². The lowest BCUT2D eigenvalue weighted by molar-refractivity contribution is -0.145. The molecule has 2 rings (SSSR count). The lowest BCUT2D eigenvalue weighted by Gasteiger charge is -2.21. The second kappa shape index (κ2) is 3.14. The molecule has 0 aliphatic carbocycles. The Morgan fingerprint density at radius 2 is 2.21 bits per heavy atom. The minimum Gasteiger partial charge on any atom is -0.478 e. The van der Waals surface area contributed by atoms with Crippen molar-refractivity contribution in [2.24, 2.45) is 0 Å². The third kappa shape index (κ3) is 1.35. The van der Waals surface area contributed by atoms with Crippen LogP contribution < -0.4 is 4.74 Å². The zero-order valence-corrected chi connectivity index (χ0v) is 7.27. The van der Waals surface area contributed by atoms with Crippen molar-refractivity contribution >= 4 is 11.8 Å². The highest BCUT2D eigenvalue weighted by Crippen LogP contribution is 2.26. The molecule has 0 aromatic heterocycles. The van der Waals surface area contributed by atoms with Crippen molar-refractivity contribution in [3.05, 3.63) is 29.8 Å². The molecule has 72 valence electrons. The number of para-hydroxylation sites is 1. The van der Waals surface area contributed by atoms with Crippen LogP contribution in [-0.4, -0.2) is 23.0 Å². The maximum Gasteiger partial charge on any atom is 0.345 e. The Balaban J connectivity index is 2.38. The molecule has 1 unspecified atom stereocenters. The Labute approximate surface area is 80.1 Å². The quantitative estimate of drug-likeness (QED) is 0.744. The van der Waals surface area contributed by atoms with Gasteiger partial charge in [0.2, 0.25) is 6.10 Å². The summed E-state index contributed by atoms with van der Waals surface area (Å²) in [7, 11) is 0. The molecule has 0 bridgehead atoms. The van der Waals surface area contributed by atoms with Crippen molar-refractivity contribution < 1.29 is 19.4 Å². The Morgan fingerprint density at radius 3 is 2.93 bits per heavy atom. The summed E-state index contributed by atoms with van der Waals surface area (Å²) in [6, 6.07) is 6.66. The Bertz CT molecular complexity index is 397. The molecule has 0 amide bonds. The second-order valence-electron chi connectivity index (χ2n) is 3.07. The number of carboxylic acid groups (broad SMARTS) is 1. The summed E-state index contributed by atoms with van der Waals surface area (Å²) in [6.45, 7) is 0. The number of carbonyl (C=O) groups is 2. The van der Waals surface area contributed by atoms with Crippen molar-refractivity contribution in [1.82, 2.24) is 0 Å². The van der Waals surface area contributed by atoms with Crippen molar-refractivity contribution in [2.75, 3.05) is 0 Å². The summed E-state index contributed by atoms with van der Waals surface area (Å²) >= 11 is 0. The molecule has 1 aromatic carbocycles. The first-order valence-corrected chi connectivity index (χ1v) is 4.20. The standard InChI is InChI=1S/C10H8O4/c11-7-5-9(10(12)13)14-8-4-2-1-3-6(7)8/h1-4,9H,5H2,(H,12,13)/i1+2,2+2,3+2,4+2,6+2,8+2. The summed E-state index contributed by atoms with van der Waals surface area (Å²) in [4.78, 5) is 22.1. The Morgan fingerprint density at radius 1 is 1.50 bits per heavy atom. The first-order chi connectivity index (χ1) is 6.68. The van der Waals surface area contributed by atoms with E-state index in [1.165, 1.54) is 0 Å². The van der Waals surface area contributed by atoms with Gasteiger partial charge in [-0.25, -0.2) is 4.79 Å². The van der Waals surface area contributed by atoms with Gasteiger partial charge in [-0.1, -0.05) is 12.1 Å². The number of hydrogen-bond acceptors (Lipinski definition) is 3. The van der Waals surface area contributed by atoms with Crippen LogP contribution >= 0.6 is 0 Å². The third-order valence-corrected chi connectivity index (χ3v) is 2.10. The van der Waals surface area contributed by atoms with Gasteiger partial charge in [-0.05, 0) is 12.1 Å². The highest BCUT2D eigenvalue weighted by atomic mass is 16.7. The molecule has 1 heterocycles. The molecular weight excluding hydrogens is 196 g/mol. The van der Waals surface area contributed by atoms with Gasteiger partial charge < -0.3 is 9.84 Å². The topological polar surface area (TPSA) is 63.6 Å². The maximum absolute atomic E-state index is 11.5. The van der Waals surface area contributed by atoms with Crippen molar-refractivity contribution in [3.8, 4) is 5.75 Å². The van der Waals surface area contributed by atoms with Crippen LogP contribution in [0.2, 0.25) is 0 Å². The fourth-order valence-electron chi connectivity index (χ4n) is 1.41. The van der Waals surface area contributed by atoms with Crippen LogP contribution in [0.25, 0.3) is 0 Å². The van der Waals surface area contributed by atoms with E-state index in [-0.39, 0.29) is 12.2 Å². The molecule has 1 aliphatic heterocycles. The molecule has 0 spiro atoms. The Kier molecular flexibility index (Phi) is 1.96. The predicted octanol–water partition coefficient (Wildman–Crippen LogP) is 1.11. The van der Waals surface area contributed by atoms with E-state index < -0.39 is 12.1 Å². The van der Waals surface area contributed by atoms with Crippen LogP contribution in [0, 0.1) is 0 Å². The fraction of sp³-hybridized carbons (Fsp3) is 0.200. The van der Waals surface area contributed by atoms with Crippen LogP contribution in [-0.2, 0) is 4.79 Å². The van der Waals surface area contributed by atoms with E-state index in [2.05, 4.69) is 0 Å². The van der Waals surface area contributed by atoms with Crippen molar-refractivity contribution in [2.45, 2.75) is 12.5 Å². The van der Waals surface area contributed by atoms with Gasteiger partial charge in [-0.2, -0.15) is 0 Å². The normalized spacial score (nSPS) is 19.7. The molecule has 0 radical (unpaired) electrons. The highest BCUT2D eigenvalue weighted by molar-refractivity contribution is 6.02. The third-order valence-electron chi connectivity index (χ3n) is 2.10. The summed E-state index contributed by atoms with van der Waals surface area (Å²) < 4.78 is 5.14. The zero-order chi connectivity index (χ0) is 10.1. The molecule has 0 saturated carbocycles. The second-order valence-corrected chi connectivity index (χ2v) is 3.07. The van der Waals surface area contributed by atoms with Gasteiger partial charge in [0, 0.05) is 0 Å². The van der Waals surface area contributed by atoms with E-state index in [0.717, 1.165) is 0 Å². The minimum absolute atomic E-state index is 0.0909. The number of ketones is 1. The Hall–Kier alpha value is -1.84. The monoisotopic (exact) mass is 204 g/mol. The van der Waals surface area contributed by atoms with Crippen LogP contribution in [0.5, 0.6) is 5.75 Å². The number of rotatable bonds is 1. The van der Waals surface area contributed by atoms with E-state index in [4.69, 9.17) is 9.84 Å². The number of carbonyl (C=O) groups excluding carboxylic acids is 1. The first-order valence-electron chi connectivity index (χ1n) is 4.20. The number of Topliss-reactive ketones (excluding diaryl/α,β-unsaturated/α-hetero) is 1. The number of hydrogen-bond donors (Lipinski definition) is 1. The summed E-state index contributed by atoms with van der Waals surface area (Å²) in [6.07, 6.45) is -1.14. The van der Waals surface area contributed by atoms with Gasteiger partial charge in [-0.15, -0.1) is 0 Å². The fourth-order valence-corrected chi connectivity index (χ4v) is 1.41. The molecule has 0 saturated heterocycles. The van der Waals surface area contributed by atoms with Crippen LogP contribution in [0.3, 0.4) is 0 Å². The molecule has 14 heavy (non-hydrogen) atoms. The van der Waals surface area contributed by atoms with Gasteiger partial charge in [0.05, 0.1) is 12.0 Å². The lowest BCUT2D eigenvalue weighted by atomic mass is 10.2. The molecule has 1 N–H and O–H groups in total. The van der Waals surface area contributed by atoms with Gasteiger partial charge in [-0.3, -0.25) is 4.79 Å². The smallest absolute Gasteiger partial charge is 0.345 e. The van der Waals surface area contributed by atoms with Crippen LogP contribution in [0.1, 0.15) is 16.8 Å². The summed E-state index contributed by atoms with van der Waals surface area (Å²) in [5.41, 5.74) is 0.463. The zero-order valence-electron chi connectivity index (χ0n) is 7.27. The molecule has 1 aromatic rings. The maximum atomic E-state index is 11.5. The van der Waals surface area contributed by atoms with E-state index in [0.29, 0.717) is 11.3 Å². The number of ether oxygens (including phenoxy) is 1. The lowest BCUT2D eigenvalue weighted by Crippen LogP contribution is -2.33. The minimum atomic E-state index is -1.10. The molecule has 4 nitrogen and oxygen atoms in total. The molecule has 1 aliphatic rings. The first kappa shape index (κ1) is 8.74. The van der Waals surface area contributed by atoms with Gasteiger partial charge in [0.15, 0.2) is 5.78 Å². The molecular formula is C10H8O4. The number of fused-ring (bicyclic) bond motifs is 1. The molecule has 0 fully saturated rings. The SMILES string of the molecule is O=C(O)C1CC(=O)[14c]2[14cH][14cH][14cH][14cH][14c]2O1. The number of aliphatic carboxylic acids is 1. The average molecular weight is 204 g/mol. The van der Waals surface area contributed by atoms with Crippen LogP contribution in [0.15, 0.2) is 24.3 Å². The van der Waals surface area contributed by atoms with E-state index in [1.54, 1.807) is 24.3 Å². The van der Waals surface area contributed by atoms with Gasteiger partial charge >= 0.3 is 5.97 Å². The summed E-state index contributed by atoms with van der Waals surface area (Å²) in [5, 5.41) is 8.70. The highest BCUT2D eigenvalue weighted by Gasteiger charge is 2.30. The van der Waals surface area contributed by atoms with Gasteiger partial charge in [0.25, 0.3) is 0 Å². The summed E-state index contributed by atoms with van der Waals surface area (Å²) in [5.74, 6) is -0.928. The van der Waals surface area contributed by atoms with Gasteiger partial charge in [0.1, 0.15) is 5.75 Å².